The first-order valence-electron chi connectivity index (χ1n) is 6.01. The maximum Gasteiger partial charge on any atom is 0.325 e. The Balaban J connectivity index is 4.46. The topological polar surface area (TPSA) is 81.9 Å². The average molecular weight is 260 g/mol. The van der Waals surface area contributed by atoms with Crippen LogP contribution in [0.3, 0.4) is 0 Å². The number of nitrogens with zero attached hydrogens (tertiary/aromatic N) is 1. The van der Waals surface area contributed by atoms with Crippen LogP contribution in [-0.2, 0) is 19.1 Å². The molecule has 106 valence electrons. The molecule has 18 heavy (non-hydrogen) atoms. The first kappa shape index (κ1) is 16.9. The monoisotopic (exact) mass is 260 g/mol. The first-order chi connectivity index (χ1) is 8.30. The molecule has 0 spiro atoms. The summed E-state index contributed by atoms with van der Waals surface area (Å²) in [5.41, 5.74) is 5.20. The van der Waals surface area contributed by atoms with E-state index in [1.165, 1.54) is 4.90 Å². The van der Waals surface area contributed by atoms with Gasteiger partial charge in [-0.25, -0.2) is 0 Å². The van der Waals surface area contributed by atoms with Crippen molar-refractivity contribution in [1.29, 1.82) is 0 Å². The highest BCUT2D eigenvalue weighted by atomic mass is 16.5. The highest BCUT2D eigenvalue weighted by Crippen LogP contribution is 2.07. The number of carbonyl (C=O) groups is 2. The van der Waals surface area contributed by atoms with E-state index in [9.17, 15) is 9.59 Å². The normalized spacial score (nSPS) is 11.2. The Labute approximate surface area is 108 Å². The molecule has 0 saturated heterocycles. The number of rotatable bonds is 8. The van der Waals surface area contributed by atoms with Gasteiger partial charge >= 0.3 is 5.97 Å². The van der Waals surface area contributed by atoms with Gasteiger partial charge in [0.1, 0.15) is 6.54 Å². The average Bonchev–Trinajstić information content (AvgIpc) is 2.21. The largest absolute Gasteiger partial charge is 0.465 e. The molecule has 0 saturated carbocycles. The molecule has 0 atom stereocenters. The Hall–Kier alpha value is -1.14. The summed E-state index contributed by atoms with van der Waals surface area (Å²) in [6.45, 7) is 6.22. The molecule has 0 aliphatic heterocycles. The van der Waals surface area contributed by atoms with Crippen molar-refractivity contribution < 1.29 is 19.1 Å². The number of amides is 1. The molecule has 0 aromatic rings. The first-order valence-corrected chi connectivity index (χ1v) is 6.01. The second-order valence-corrected chi connectivity index (χ2v) is 4.78. The van der Waals surface area contributed by atoms with Gasteiger partial charge in [0.15, 0.2) is 0 Å². The van der Waals surface area contributed by atoms with Crippen LogP contribution in [0.2, 0.25) is 0 Å². The molecule has 0 aliphatic rings. The Bertz CT molecular complexity index is 274. The third-order valence-corrected chi connectivity index (χ3v) is 2.15. The van der Waals surface area contributed by atoms with Gasteiger partial charge in [0.05, 0.1) is 13.2 Å². The lowest BCUT2D eigenvalue weighted by Crippen LogP contribution is -2.44. The molecule has 0 heterocycles. The van der Waals surface area contributed by atoms with Crippen molar-refractivity contribution >= 4 is 11.9 Å². The molecule has 0 aromatic carbocycles. The van der Waals surface area contributed by atoms with Gasteiger partial charge in [0.25, 0.3) is 0 Å². The van der Waals surface area contributed by atoms with Crippen LogP contribution in [0, 0.1) is 0 Å². The molecule has 0 fully saturated rings. The number of methoxy groups -OCH3 is 1. The molecular weight excluding hydrogens is 236 g/mol. The minimum absolute atomic E-state index is 0.0634. The van der Waals surface area contributed by atoms with Crippen LogP contribution >= 0.6 is 0 Å². The van der Waals surface area contributed by atoms with E-state index in [-0.39, 0.29) is 18.9 Å². The summed E-state index contributed by atoms with van der Waals surface area (Å²) in [4.78, 5) is 24.8. The van der Waals surface area contributed by atoms with Gasteiger partial charge in [-0.2, -0.15) is 0 Å². The highest BCUT2D eigenvalue weighted by molar-refractivity contribution is 5.82. The summed E-state index contributed by atoms with van der Waals surface area (Å²) in [6.07, 6.45) is 0.177. The minimum atomic E-state index is -0.600. The molecule has 0 rings (SSSR count). The smallest absolute Gasteiger partial charge is 0.325 e. The van der Waals surface area contributed by atoms with Gasteiger partial charge < -0.3 is 20.1 Å². The van der Waals surface area contributed by atoms with Gasteiger partial charge in [-0.05, 0) is 20.8 Å². The summed E-state index contributed by atoms with van der Waals surface area (Å²) >= 11 is 0. The van der Waals surface area contributed by atoms with E-state index in [0.717, 1.165) is 0 Å². The summed E-state index contributed by atoms with van der Waals surface area (Å²) < 4.78 is 9.74. The lowest BCUT2D eigenvalue weighted by atomic mass is 10.0. The molecule has 6 nitrogen and oxygen atoms in total. The predicted octanol–water partition coefficient (Wildman–Crippen LogP) is 0.152. The predicted molar refractivity (Wildman–Crippen MR) is 68.0 cm³/mol. The molecule has 1 amide bonds. The number of esters is 1. The third kappa shape index (κ3) is 8.03. The van der Waals surface area contributed by atoms with Crippen LogP contribution in [0.4, 0.5) is 0 Å². The zero-order valence-corrected chi connectivity index (χ0v) is 11.7. The molecule has 0 bridgehead atoms. The summed E-state index contributed by atoms with van der Waals surface area (Å²) in [5, 5.41) is 0. The Morgan fingerprint density at radius 3 is 2.39 bits per heavy atom. The standard InChI is InChI=1S/C12H24N2O4/c1-5-18-11(16)9-14(6-7-17-4)10(15)8-12(2,3)13/h5-9,13H2,1-4H3. The number of ether oxygens (including phenoxy) is 2. The molecule has 0 unspecified atom stereocenters. The number of hydrogen-bond acceptors (Lipinski definition) is 5. The van der Waals surface area contributed by atoms with Crippen LogP contribution in [0.1, 0.15) is 27.2 Å². The third-order valence-electron chi connectivity index (χ3n) is 2.15. The van der Waals surface area contributed by atoms with E-state index in [1.54, 1.807) is 27.9 Å². The molecule has 0 aromatic heterocycles. The van der Waals surface area contributed by atoms with Crippen LogP contribution in [0.15, 0.2) is 0 Å². The maximum atomic E-state index is 12.0. The molecular formula is C12H24N2O4. The molecule has 2 N–H and O–H groups in total. The fourth-order valence-electron chi connectivity index (χ4n) is 1.36. The van der Waals surface area contributed by atoms with E-state index >= 15 is 0 Å². The molecule has 0 aliphatic carbocycles. The van der Waals surface area contributed by atoms with E-state index < -0.39 is 11.5 Å². The van der Waals surface area contributed by atoms with Crippen molar-refractivity contribution in [3.63, 3.8) is 0 Å². The number of carbonyl (C=O) groups excluding carboxylic acids is 2. The van der Waals surface area contributed by atoms with Crippen molar-refractivity contribution in [2.45, 2.75) is 32.7 Å². The van der Waals surface area contributed by atoms with E-state index in [0.29, 0.717) is 19.8 Å². The zero-order valence-electron chi connectivity index (χ0n) is 11.7. The van der Waals surface area contributed by atoms with Crippen molar-refractivity contribution in [2.24, 2.45) is 5.73 Å². The quantitative estimate of drug-likeness (QED) is 0.628. The van der Waals surface area contributed by atoms with Crippen LogP contribution in [0.5, 0.6) is 0 Å². The van der Waals surface area contributed by atoms with Crippen molar-refractivity contribution in [3.8, 4) is 0 Å². The van der Waals surface area contributed by atoms with E-state index in [4.69, 9.17) is 15.2 Å². The van der Waals surface area contributed by atoms with Gasteiger partial charge in [-0.3, -0.25) is 9.59 Å². The Kier molecular flexibility index (Phi) is 7.54. The van der Waals surface area contributed by atoms with Gasteiger partial charge in [0, 0.05) is 25.6 Å². The van der Waals surface area contributed by atoms with Crippen molar-refractivity contribution in [1.82, 2.24) is 4.90 Å². The van der Waals surface area contributed by atoms with E-state index in [1.807, 2.05) is 0 Å². The fourth-order valence-corrected chi connectivity index (χ4v) is 1.36. The fraction of sp³-hybridized carbons (Fsp3) is 0.833. The minimum Gasteiger partial charge on any atom is -0.465 e. The Morgan fingerprint density at radius 1 is 1.33 bits per heavy atom. The number of hydrogen-bond donors (Lipinski definition) is 1. The zero-order chi connectivity index (χ0) is 14.2. The summed E-state index contributed by atoms with van der Waals surface area (Å²) in [5.74, 6) is -0.593. The van der Waals surface area contributed by atoms with Gasteiger partial charge in [-0.15, -0.1) is 0 Å². The van der Waals surface area contributed by atoms with Crippen LogP contribution in [0.25, 0.3) is 0 Å². The van der Waals surface area contributed by atoms with Crippen molar-refractivity contribution in [2.75, 3.05) is 33.4 Å². The van der Waals surface area contributed by atoms with Crippen LogP contribution < -0.4 is 5.73 Å². The molecule has 6 heteroatoms. The highest BCUT2D eigenvalue weighted by Gasteiger charge is 2.23. The lowest BCUT2D eigenvalue weighted by Gasteiger charge is -2.25. The van der Waals surface area contributed by atoms with E-state index in [2.05, 4.69) is 0 Å². The van der Waals surface area contributed by atoms with Gasteiger partial charge in [-0.1, -0.05) is 0 Å². The number of nitrogens with two attached hydrogens (primary N) is 1. The summed E-state index contributed by atoms with van der Waals surface area (Å²) in [7, 11) is 1.54. The van der Waals surface area contributed by atoms with Crippen LogP contribution in [-0.4, -0.2) is 55.7 Å². The van der Waals surface area contributed by atoms with Gasteiger partial charge in [0.2, 0.25) is 5.91 Å². The Morgan fingerprint density at radius 2 is 1.94 bits per heavy atom. The van der Waals surface area contributed by atoms with Crippen molar-refractivity contribution in [3.05, 3.63) is 0 Å². The SMILES string of the molecule is CCOC(=O)CN(CCOC)C(=O)CC(C)(C)N. The second kappa shape index (κ2) is 8.05. The maximum absolute atomic E-state index is 12.0. The summed E-state index contributed by atoms with van der Waals surface area (Å²) in [6, 6.07) is 0. The second-order valence-electron chi connectivity index (χ2n) is 4.78. The molecule has 0 radical (unpaired) electrons. The lowest BCUT2D eigenvalue weighted by molar-refractivity contribution is -0.149.